The molecule has 0 fully saturated rings. The molecule has 0 saturated heterocycles. The maximum Gasteiger partial charge on any atom is 0.379 e. The Morgan fingerprint density at radius 1 is 0.862 bits per heavy atom. The Hall–Kier alpha value is -4.15. The number of rotatable bonds is 9. The quantitative estimate of drug-likeness (QED) is 0.274. The van der Waals surface area contributed by atoms with Gasteiger partial charge in [0, 0.05) is 22.6 Å². The van der Waals surface area contributed by atoms with Gasteiger partial charge in [0.15, 0.2) is 5.78 Å². The van der Waals surface area contributed by atoms with E-state index in [-0.39, 0.29) is 11.1 Å². The number of carboxylic acid groups (broad SMARTS) is 2. The molecule has 0 bridgehead atoms. The standard InChI is InChI=1S/C18H14N2O9/c21-16(10-5-2-1-3-6-10)14(17(22)23)13(15(18(24)25)20(28)29)11-7-4-8-12(9-11)19(26)27/h1-9,13-15H,(H,22,23)(H,24,25). The highest BCUT2D eigenvalue weighted by molar-refractivity contribution is 6.09. The van der Waals surface area contributed by atoms with Crippen molar-refractivity contribution in [1.82, 2.24) is 0 Å². The summed E-state index contributed by atoms with van der Waals surface area (Å²) in [6, 6.07) is 8.61. The smallest absolute Gasteiger partial charge is 0.379 e. The molecule has 0 spiro atoms. The van der Waals surface area contributed by atoms with Crippen LogP contribution in [-0.4, -0.2) is 43.8 Å². The highest BCUT2D eigenvalue weighted by Gasteiger charge is 2.50. The van der Waals surface area contributed by atoms with Gasteiger partial charge in [0.25, 0.3) is 5.69 Å². The summed E-state index contributed by atoms with van der Waals surface area (Å²) in [7, 11) is 0. The maximum absolute atomic E-state index is 12.8. The van der Waals surface area contributed by atoms with Gasteiger partial charge in [0.2, 0.25) is 0 Å². The Balaban J connectivity index is 2.72. The molecule has 0 aromatic heterocycles. The van der Waals surface area contributed by atoms with Crippen LogP contribution in [-0.2, 0) is 9.59 Å². The van der Waals surface area contributed by atoms with Crippen molar-refractivity contribution < 1.29 is 34.4 Å². The molecule has 2 aromatic rings. The summed E-state index contributed by atoms with van der Waals surface area (Å²) in [5.41, 5.74) is -0.945. The lowest BCUT2D eigenvalue weighted by Crippen LogP contribution is -2.44. The first kappa shape index (κ1) is 21.2. The number of ketones is 1. The number of nitro benzene ring substituents is 1. The fourth-order valence-corrected chi connectivity index (χ4v) is 2.99. The SMILES string of the molecule is O=C(O)C(C(=O)c1ccccc1)C(c1cccc([N+](=O)[O-])c1)C(C(=O)O)[N+](=O)[O-]. The van der Waals surface area contributed by atoms with Gasteiger partial charge >= 0.3 is 18.0 Å². The number of benzene rings is 2. The zero-order valence-corrected chi connectivity index (χ0v) is 14.6. The summed E-state index contributed by atoms with van der Waals surface area (Å²) >= 11 is 0. The number of nitrogens with zero attached hydrogens (tertiary/aromatic N) is 2. The van der Waals surface area contributed by atoms with Gasteiger partial charge in [-0.1, -0.05) is 42.5 Å². The van der Waals surface area contributed by atoms with Crippen LogP contribution in [0.25, 0.3) is 0 Å². The van der Waals surface area contributed by atoms with E-state index in [9.17, 15) is 44.8 Å². The first-order valence-corrected chi connectivity index (χ1v) is 8.08. The van der Waals surface area contributed by atoms with E-state index in [0.29, 0.717) is 0 Å². The molecule has 0 aliphatic rings. The second-order valence-corrected chi connectivity index (χ2v) is 5.99. The van der Waals surface area contributed by atoms with E-state index in [1.54, 1.807) is 6.07 Å². The fourth-order valence-electron chi connectivity index (χ4n) is 2.99. The van der Waals surface area contributed by atoms with Crippen molar-refractivity contribution in [3.05, 3.63) is 86.0 Å². The number of aliphatic carboxylic acids is 2. The fraction of sp³-hybridized carbons (Fsp3) is 0.167. The summed E-state index contributed by atoms with van der Waals surface area (Å²) in [6.45, 7) is 0. The summed E-state index contributed by atoms with van der Waals surface area (Å²) in [4.78, 5) is 56.8. The van der Waals surface area contributed by atoms with Crippen molar-refractivity contribution in [1.29, 1.82) is 0 Å². The Labute approximate surface area is 162 Å². The van der Waals surface area contributed by atoms with E-state index in [1.165, 1.54) is 24.3 Å². The lowest BCUT2D eigenvalue weighted by atomic mass is 9.76. The third-order valence-electron chi connectivity index (χ3n) is 4.25. The molecule has 0 radical (unpaired) electrons. The molecule has 11 heteroatoms. The van der Waals surface area contributed by atoms with Gasteiger partial charge in [-0.2, -0.15) is 0 Å². The van der Waals surface area contributed by atoms with Gasteiger partial charge in [0.1, 0.15) is 5.92 Å². The second kappa shape index (κ2) is 8.69. The molecule has 150 valence electrons. The molecular formula is C18H14N2O9. The molecule has 0 aliphatic heterocycles. The number of hydrogen-bond acceptors (Lipinski definition) is 7. The van der Waals surface area contributed by atoms with Crippen LogP contribution in [0.3, 0.4) is 0 Å². The van der Waals surface area contributed by atoms with Crippen LogP contribution in [0.5, 0.6) is 0 Å². The summed E-state index contributed by atoms with van der Waals surface area (Å²) in [6.07, 6.45) is 0. The minimum absolute atomic E-state index is 0.0946. The maximum atomic E-state index is 12.8. The minimum atomic E-state index is -2.52. The second-order valence-electron chi connectivity index (χ2n) is 5.99. The Kier molecular flexibility index (Phi) is 6.34. The van der Waals surface area contributed by atoms with Crippen LogP contribution in [0.1, 0.15) is 21.8 Å². The van der Waals surface area contributed by atoms with Crippen LogP contribution in [0, 0.1) is 26.1 Å². The molecule has 0 amide bonds. The van der Waals surface area contributed by atoms with Crippen molar-refractivity contribution in [3.8, 4) is 0 Å². The minimum Gasteiger partial charge on any atom is -0.481 e. The third kappa shape index (κ3) is 4.58. The first-order valence-electron chi connectivity index (χ1n) is 8.08. The monoisotopic (exact) mass is 402 g/mol. The molecule has 0 saturated carbocycles. The number of carboxylic acids is 2. The normalized spacial score (nSPS) is 13.7. The van der Waals surface area contributed by atoms with E-state index in [4.69, 9.17) is 0 Å². The van der Waals surface area contributed by atoms with E-state index in [1.807, 2.05) is 0 Å². The largest absolute Gasteiger partial charge is 0.481 e. The number of non-ortho nitro benzene ring substituents is 1. The van der Waals surface area contributed by atoms with E-state index >= 15 is 0 Å². The van der Waals surface area contributed by atoms with E-state index < -0.39 is 51.1 Å². The summed E-state index contributed by atoms with van der Waals surface area (Å²) in [5.74, 6) is -8.97. The predicted molar refractivity (Wildman–Crippen MR) is 96.2 cm³/mol. The van der Waals surface area contributed by atoms with E-state index in [0.717, 1.165) is 24.3 Å². The molecule has 0 aliphatic carbocycles. The Morgan fingerprint density at radius 3 is 1.97 bits per heavy atom. The average Bonchev–Trinajstić information content (AvgIpc) is 2.67. The van der Waals surface area contributed by atoms with Gasteiger partial charge < -0.3 is 10.2 Å². The van der Waals surface area contributed by atoms with Gasteiger partial charge in [-0.15, -0.1) is 0 Å². The lowest BCUT2D eigenvalue weighted by molar-refractivity contribution is -0.515. The summed E-state index contributed by atoms with van der Waals surface area (Å²) < 4.78 is 0. The highest BCUT2D eigenvalue weighted by atomic mass is 16.6. The predicted octanol–water partition coefficient (Wildman–Crippen LogP) is 1.99. The molecule has 11 nitrogen and oxygen atoms in total. The molecule has 3 unspecified atom stereocenters. The zero-order chi connectivity index (χ0) is 21.7. The van der Waals surface area contributed by atoms with Crippen molar-refractivity contribution in [2.24, 2.45) is 5.92 Å². The topological polar surface area (TPSA) is 178 Å². The lowest BCUT2D eigenvalue weighted by Gasteiger charge is -2.24. The zero-order valence-electron chi connectivity index (χ0n) is 14.6. The number of carbonyl (C=O) groups is 3. The van der Waals surface area contributed by atoms with Gasteiger partial charge in [0.05, 0.1) is 10.8 Å². The molecule has 2 aromatic carbocycles. The van der Waals surface area contributed by atoms with Gasteiger partial charge in [-0.05, 0) is 5.56 Å². The average molecular weight is 402 g/mol. The Morgan fingerprint density at radius 2 is 1.48 bits per heavy atom. The van der Waals surface area contributed by atoms with Crippen molar-refractivity contribution >= 4 is 23.4 Å². The van der Waals surface area contributed by atoms with Crippen LogP contribution in [0.2, 0.25) is 0 Å². The number of carbonyl (C=O) groups excluding carboxylic acids is 1. The summed E-state index contributed by atoms with van der Waals surface area (Å²) in [5, 5.41) is 41.5. The molecule has 3 atom stereocenters. The molecule has 0 heterocycles. The van der Waals surface area contributed by atoms with Crippen LogP contribution >= 0.6 is 0 Å². The number of hydrogen-bond donors (Lipinski definition) is 2. The van der Waals surface area contributed by atoms with Crippen LogP contribution in [0.15, 0.2) is 54.6 Å². The highest BCUT2D eigenvalue weighted by Crippen LogP contribution is 2.34. The van der Waals surface area contributed by atoms with Crippen LogP contribution < -0.4 is 0 Å². The number of nitro groups is 2. The van der Waals surface area contributed by atoms with Crippen molar-refractivity contribution in [3.63, 3.8) is 0 Å². The van der Waals surface area contributed by atoms with E-state index in [2.05, 4.69) is 0 Å². The third-order valence-corrected chi connectivity index (χ3v) is 4.25. The number of Topliss-reactive ketones (excluding diaryl/α,β-unsaturated/α-hetero) is 1. The van der Waals surface area contributed by atoms with Crippen molar-refractivity contribution in [2.75, 3.05) is 0 Å². The van der Waals surface area contributed by atoms with Gasteiger partial charge in [-0.3, -0.25) is 29.8 Å². The van der Waals surface area contributed by atoms with Crippen molar-refractivity contribution in [2.45, 2.75) is 12.0 Å². The van der Waals surface area contributed by atoms with Gasteiger partial charge in [-0.25, -0.2) is 4.79 Å². The van der Waals surface area contributed by atoms with Crippen LogP contribution in [0.4, 0.5) is 5.69 Å². The Bertz CT molecular complexity index is 960. The first-order chi connectivity index (χ1) is 13.6. The molecule has 29 heavy (non-hydrogen) atoms. The molecule has 2 rings (SSSR count). The molecular weight excluding hydrogens is 388 g/mol. The molecule has 2 N–H and O–H groups in total.